The zero-order valence-corrected chi connectivity index (χ0v) is 14.4. The Kier molecular flexibility index (Phi) is 5.87. The normalized spacial score (nSPS) is 12.2. The van der Waals surface area contributed by atoms with Crippen LogP contribution in [0.3, 0.4) is 0 Å². The molecule has 2 aromatic carbocycles. The topological polar surface area (TPSA) is 9.23 Å². The van der Waals surface area contributed by atoms with E-state index >= 15 is 0 Å². The lowest BCUT2D eigenvalue weighted by molar-refractivity contribution is 0.503. The Balaban J connectivity index is 2.23. The van der Waals surface area contributed by atoms with Gasteiger partial charge in [-0.05, 0) is 23.8 Å². The van der Waals surface area contributed by atoms with E-state index in [2.05, 4.69) is 0 Å². The number of rotatable bonds is 5. The van der Waals surface area contributed by atoms with Crippen LogP contribution in [0, 0.1) is 0 Å². The molecule has 0 amide bonds. The predicted octanol–water partition coefficient (Wildman–Crippen LogP) is 5.95. The van der Waals surface area contributed by atoms with Crippen LogP contribution < -0.4 is 0 Å². The molecule has 0 aliphatic carbocycles. The molecular weight excluding hydrogens is 351 g/mol. The van der Waals surface area contributed by atoms with E-state index in [1.807, 2.05) is 66.7 Å². The van der Waals surface area contributed by atoms with Crippen molar-refractivity contribution in [3.8, 4) is 0 Å². The van der Waals surface area contributed by atoms with Gasteiger partial charge in [-0.3, -0.25) is 0 Å². The SMILES string of the molecule is Cl[Si](Cl)(Cl)O/C(=C\c1ccccc1)Sc1ccccc1. The number of thioether (sulfide) groups is 1. The number of halogens is 3. The number of benzene rings is 2. The van der Waals surface area contributed by atoms with Gasteiger partial charge in [-0.1, -0.05) is 93.5 Å². The molecular formula is C14H11Cl3OSSi. The third-order valence-corrected chi connectivity index (χ3v) is 4.47. The van der Waals surface area contributed by atoms with E-state index in [1.54, 1.807) is 0 Å². The lowest BCUT2D eigenvalue weighted by atomic mass is 10.2. The van der Waals surface area contributed by atoms with Crippen molar-refractivity contribution in [1.29, 1.82) is 0 Å². The number of hydrogen-bond donors (Lipinski definition) is 0. The van der Waals surface area contributed by atoms with Crippen molar-refractivity contribution in [2.24, 2.45) is 0 Å². The highest BCUT2D eigenvalue weighted by Gasteiger charge is 2.31. The van der Waals surface area contributed by atoms with Crippen molar-refractivity contribution in [1.82, 2.24) is 0 Å². The largest absolute Gasteiger partial charge is 0.556 e. The first-order valence-electron chi connectivity index (χ1n) is 5.78. The maximum Gasteiger partial charge on any atom is 0.556 e. The first kappa shape index (κ1) is 15.8. The highest BCUT2D eigenvalue weighted by atomic mass is 35.8. The van der Waals surface area contributed by atoms with Crippen molar-refractivity contribution in [2.75, 3.05) is 0 Å². The molecule has 2 rings (SSSR count). The van der Waals surface area contributed by atoms with Gasteiger partial charge in [0, 0.05) is 4.90 Å². The minimum Gasteiger partial charge on any atom is -0.502 e. The molecule has 20 heavy (non-hydrogen) atoms. The summed E-state index contributed by atoms with van der Waals surface area (Å²) in [5.41, 5.74) is 0.995. The molecule has 0 bridgehead atoms. The maximum absolute atomic E-state index is 5.85. The van der Waals surface area contributed by atoms with Crippen LogP contribution in [0.1, 0.15) is 5.56 Å². The van der Waals surface area contributed by atoms with Crippen molar-refractivity contribution >= 4 is 57.3 Å². The summed E-state index contributed by atoms with van der Waals surface area (Å²) in [6.07, 6.45) is -1.33. The summed E-state index contributed by atoms with van der Waals surface area (Å²) in [7, 11) is 0. The summed E-state index contributed by atoms with van der Waals surface area (Å²) in [5, 5.41) is 0.578. The van der Waals surface area contributed by atoms with Crippen LogP contribution in [0.25, 0.3) is 6.08 Å². The molecule has 0 aromatic heterocycles. The second-order valence-corrected chi connectivity index (χ2v) is 12.5. The van der Waals surface area contributed by atoms with Gasteiger partial charge in [-0.2, -0.15) is 0 Å². The fraction of sp³-hybridized carbons (Fsp3) is 0. The second kappa shape index (κ2) is 7.43. The lowest BCUT2D eigenvalue weighted by Crippen LogP contribution is -2.14. The highest BCUT2D eigenvalue weighted by molar-refractivity contribution is 8.03. The summed E-state index contributed by atoms with van der Waals surface area (Å²) in [4.78, 5) is 1.03. The highest BCUT2D eigenvalue weighted by Crippen LogP contribution is 2.35. The van der Waals surface area contributed by atoms with Gasteiger partial charge in [0.2, 0.25) is 0 Å². The molecule has 0 N–H and O–H groups in total. The molecule has 0 unspecified atom stereocenters. The van der Waals surface area contributed by atoms with Gasteiger partial charge >= 0.3 is 6.25 Å². The van der Waals surface area contributed by atoms with E-state index in [1.165, 1.54) is 11.8 Å². The van der Waals surface area contributed by atoms with E-state index in [9.17, 15) is 0 Å². The van der Waals surface area contributed by atoms with E-state index in [0.29, 0.717) is 5.09 Å². The third kappa shape index (κ3) is 5.81. The smallest absolute Gasteiger partial charge is 0.502 e. The van der Waals surface area contributed by atoms with Crippen LogP contribution in [0.2, 0.25) is 0 Å². The van der Waals surface area contributed by atoms with E-state index in [-0.39, 0.29) is 0 Å². The molecule has 6 heteroatoms. The average Bonchev–Trinajstić information content (AvgIpc) is 2.39. The fourth-order valence-corrected chi connectivity index (χ4v) is 4.19. The van der Waals surface area contributed by atoms with Gasteiger partial charge in [-0.15, -0.1) is 0 Å². The summed E-state index contributed by atoms with van der Waals surface area (Å²) >= 11 is 19.0. The standard InChI is InChI=1S/C14H11Cl3OSSi/c15-20(16,17)18-14(11-12-7-3-1-4-8-12)19-13-9-5-2-6-10-13/h1-11H/b14-11+. The molecule has 0 saturated carbocycles. The molecule has 0 aliphatic heterocycles. The quantitative estimate of drug-likeness (QED) is 0.282. The van der Waals surface area contributed by atoms with E-state index < -0.39 is 6.25 Å². The number of hydrogen-bond acceptors (Lipinski definition) is 2. The van der Waals surface area contributed by atoms with Crippen LogP contribution >= 0.6 is 45.0 Å². The third-order valence-electron chi connectivity index (χ3n) is 2.26. The van der Waals surface area contributed by atoms with Crippen LogP contribution in [-0.4, -0.2) is 6.25 Å². The van der Waals surface area contributed by atoms with E-state index in [0.717, 1.165) is 10.5 Å². The van der Waals surface area contributed by atoms with Gasteiger partial charge in [0.25, 0.3) is 0 Å². The molecule has 2 aromatic rings. The Bertz CT molecular complexity index is 570. The second-order valence-electron chi connectivity index (χ2n) is 3.84. The van der Waals surface area contributed by atoms with E-state index in [4.69, 9.17) is 37.7 Å². The Morgan fingerprint density at radius 2 is 1.45 bits per heavy atom. The van der Waals surface area contributed by atoms with Gasteiger partial charge in [0.1, 0.15) is 5.09 Å². The van der Waals surface area contributed by atoms with Crippen molar-refractivity contribution in [2.45, 2.75) is 4.90 Å². The van der Waals surface area contributed by atoms with Crippen molar-refractivity contribution in [3.63, 3.8) is 0 Å². The zero-order chi connectivity index (χ0) is 14.4. The lowest BCUT2D eigenvalue weighted by Gasteiger charge is -2.14. The van der Waals surface area contributed by atoms with Crippen LogP contribution in [-0.2, 0) is 4.43 Å². The molecule has 0 atom stereocenters. The molecule has 0 spiro atoms. The summed E-state index contributed by atoms with van der Waals surface area (Å²) in [6.45, 7) is 0. The van der Waals surface area contributed by atoms with Crippen LogP contribution in [0.15, 0.2) is 70.7 Å². The van der Waals surface area contributed by atoms with Crippen molar-refractivity contribution < 1.29 is 4.43 Å². The zero-order valence-electron chi connectivity index (χ0n) is 10.3. The molecule has 0 heterocycles. The molecule has 0 fully saturated rings. The molecule has 0 saturated heterocycles. The van der Waals surface area contributed by atoms with Gasteiger partial charge in [0.15, 0.2) is 0 Å². The summed E-state index contributed by atoms with van der Waals surface area (Å²) < 4.78 is 5.50. The molecule has 1 nitrogen and oxygen atoms in total. The van der Waals surface area contributed by atoms with Gasteiger partial charge in [0.05, 0.1) is 0 Å². The predicted molar refractivity (Wildman–Crippen MR) is 91.1 cm³/mol. The minimum atomic E-state index is -3.20. The van der Waals surface area contributed by atoms with Crippen LogP contribution in [0.5, 0.6) is 0 Å². The minimum absolute atomic E-state index is 0.578. The fourth-order valence-electron chi connectivity index (χ4n) is 1.48. The Labute approximate surface area is 137 Å². The van der Waals surface area contributed by atoms with Crippen molar-refractivity contribution in [3.05, 3.63) is 71.3 Å². The summed E-state index contributed by atoms with van der Waals surface area (Å²) in [6, 6.07) is 19.6. The first-order valence-corrected chi connectivity index (χ1v) is 11.5. The molecule has 0 aliphatic rings. The molecule has 104 valence electrons. The monoisotopic (exact) mass is 360 g/mol. The Morgan fingerprint density at radius 3 is 2.00 bits per heavy atom. The maximum atomic E-state index is 5.85. The Morgan fingerprint density at radius 1 is 0.900 bits per heavy atom. The van der Waals surface area contributed by atoms with Gasteiger partial charge < -0.3 is 4.43 Å². The average molecular weight is 362 g/mol. The Hall–Kier alpha value is -0.583. The molecule has 0 radical (unpaired) electrons. The first-order chi connectivity index (χ1) is 9.53. The van der Waals surface area contributed by atoms with Crippen LogP contribution in [0.4, 0.5) is 0 Å². The summed E-state index contributed by atoms with van der Waals surface area (Å²) in [5.74, 6) is 0. The van der Waals surface area contributed by atoms with Gasteiger partial charge in [-0.25, -0.2) is 0 Å².